The number of nitrogens with two attached hydrogens (primary N) is 1. The lowest BCUT2D eigenvalue weighted by atomic mass is 10.1. The fourth-order valence-electron chi connectivity index (χ4n) is 2.10. The van der Waals surface area contributed by atoms with Crippen molar-refractivity contribution in [1.82, 2.24) is 10.2 Å². The van der Waals surface area contributed by atoms with Gasteiger partial charge in [-0.2, -0.15) is 5.10 Å². The molecule has 1 aromatic rings. The first-order valence-electron chi connectivity index (χ1n) is 6.13. The zero-order valence-electron chi connectivity index (χ0n) is 11.4. The minimum atomic E-state index is -2.98. The second-order valence-electron chi connectivity index (χ2n) is 4.73. The summed E-state index contributed by atoms with van der Waals surface area (Å²) in [5, 5.41) is 20.1. The Kier molecular flexibility index (Phi) is 3.80. The van der Waals surface area contributed by atoms with Crippen LogP contribution in [0.25, 0.3) is 0 Å². The summed E-state index contributed by atoms with van der Waals surface area (Å²) in [5.74, 6) is 0.538. The maximum absolute atomic E-state index is 11.5. The molecule has 20 heavy (non-hydrogen) atoms. The van der Waals surface area contributed by atoms with E-state index in [1.165, 1.54) is 0 Å². The number of nitrogens with zero attached hydrogens (tertiary/aromatic N) is 4. The molecule has 0 aliphatic carbocycles. The van der Waals surface area contributed by atoms with Crippen LogP contribution in [0.3, 0.4) is 0 Å². The van der Waals surface area contributed by atoms with Crippen LogP contribution in [0.1, 0.15) is 16.8 Å². The number of oxime groups is 1. The van der Waals surface area contributed by atoms with Gasteiger partial charge < -0.3 is 15.8 Å². The molecule has 1 saturated heterocycles. The molecule has 8 nitrogen and oxygen atoms in total. The van der Waals surface area contributed by atoms with Crippen molar-refractivity contribution < 1.29 is 13.6 Å². The number of rotatable bonds is 2. The highest BCUT2D eigenvalue weighted by atomic mass is 32.2. The van der Waals surface area contributed by atoms with Gasteiger partial charge in [-0.15, -0.1) is 5.10 Å². The number of hydrogen-bond donors (Lipinski definition) is 2. The van der Waals surface area contributed by atoms with Crippen LogP contribution >= 0.6 is 0 Å². The summed E-state index contributed by atoms with van der Waals surface area (Å²) >= 11 is 0. The van der Waals surface area contributed by atoms with E-state index in [1.807, 2.05) is 6.92 Å². The van der Waals surface area contributed by atoms with Crippen molar-refractivity contribution in [2.75, 3.05) is 29.5 Å². The number of amidine groups is 1. The van der Waals surface area contributed by atoms with Crippen LogP contribution in [-0.2, 0) is 9.84 Å². The van der Waals surface area contributed by atoms with Gasteiger partial charge in [0.25, 0.3) is 0 Å². The van der Waals surface area contributed by atoms with E-state index in [4.69, 9.17) is 10.9 Å². The van der Waals surface area contributed by atoms with Crippen LogP contribution in [0.2, 0.25) is 0 Å². The summed E-state index contributed by atoms with van der Waals surface area (Å²) in [6.07, 6.45) is 0. The summed E-state index contributed by atoms with van der Waals surface area (Å²) in [6.45, 7) is 4.24. The molecule has 1 aliphatic rings. The standard InChI is InChI=1S/C11H17N5O3S/c1-7-8(2)13-14-11(9(7)10(12)15-17)16-3-5-20(18,19)6-4-16/h17H,3-6H2,1-2H3,(H2,12,15). The van der Waals surface area contributed by atoms with Crippen molar-refractivity contribution >= 4 is 21.5 Å². The molecule has 1 fully saturated rings. The monoisotopic (exact) mass is 299 g/mol. The number of aromatic nitrogens is 2. The van der Waals surface area contributed by atoms with Crippen molar-refractivity contribution in [3.8, 4) is 0 Å². The molecule has 0 radical (unpaired) electrons. The van der Waals surface area contributed by atoms with Crippen LogP contribution in [0, 0.1) is 13.8 Å². The molecule has 110 valence electrons. The third kappa shape index (κ3) is 2.67. The van der Waals surface area contributed by atoms with E-state index in [0.29, 0.717) is 30.2 Å². The molecule has 0 aromatic carbocycles. The first-order chi connectivity index (χ1) is 9.35. The van der Waals surface area contributed by atoms with E-state index in [2.05, 4.69) is 15.4 Å². The molecule has 1 aliphatic heterocycles. The van der Waals surface area contributed by atoms with Gasteiger partial charge in [-0.25, -0.2) is 8.42 Å². The van der Waals surface area contributed by atoms with Crippen LogP contribution in [0.4, 0.5) is 5.82 Å². The maximum atomic E-state index is 11.5. The van der Waals surface area contributed by atoms with Crippen molar-refractivity contribution in [3.05, 3.63) is 16.8 Å². The highest BCUT2D eigenvalue weighted by Gasteiger charge is 2.26. The average Bonchev–Trinajstić information content (AvgIpc) is 2.41. The van der Waals surface area contributed by atoms with Gasteiger partial charge >= 0.3 is 0 Å². The van der Waals surface area contributed by atoms with Crippen molar-refractivity contribution in [1.29, 1.82) is 0 Å². The summed E-state index contributed by atoms with van der Waals surface area (Å²) < 4.78 is 22.9. The maximum Gasteiger partial charge on any atom is 0.174 e. The van der Waals surface area contributed by atoms with E-state index in [-0.39, 0.29) is 17.3 Å². The smallest absolute Gasteiger partial charge is 0.174 e. The lowest BCUT2D eigenvalue weighted by Crippen LogP contribution is -2.42. The van der Waals surface area contributed by atoms with Crippen LogP contribution < -0.4 is 10.6 Å². The topological polar surface area (TPSA) is 122 Å². The number of aryl methyl sites for hydroxylation is 1. The van der Waals surface area contributed by atoms with E-state index in [1.54, 1.807) is 11.8 Å². The molecule has 0 unspecified atom stereocenters. The van der Waals surface area contributed by atoms with Gasteiger partial charge in [-0.3, -0.25) is 0 Å². The zero-order chi connectivity index (χ0) is 14.9. The van der Waals surface area contributed by atoms with Gasteiger partial charge in [-0.1, -0.05) is 5.16 Å². The lowest BCUT2D eigenvalue weighted by Gasteiger charge is -2.29. The summed E-state index contributed by atoms with van der Waals surface area (Å²) in [4.78, 5) is 1.80. The molecule has 0 saturated carbocycles. The average molecular weight is 299 g/mol. The van der Waals surface area contributed by atoms with Gasteiger partial charge in [0.2, 0.25) is 0 Å². The van der Waals surface area contributed by atoms with Gasteiger partial charge in [0, 0.05) is 13.1 Å². The lowest BCUT2D eigenvalue weighted by molar-refractivity contribution is 0.318. The highest BCUT2D eigenvalue weighted by molar-refractivity contribution is 7.91. The number of sulfone groups is 1. The van der Waals surface area contributed by atoms with Crippen LogP contribution in [-0.4, -0.2) is 54.3 Å². The van der Waals surface area contributed by atoms with Crippen molar-refractivity contribution in [3.63, 3.8) is 0 Å². The summed E-state index contributed by atoms with van der Waals surface area (Å²) in [7, 11) is -2.98. The van der Waals surface area contributed by atoms with E-state index >= 15 is 0 Å². The molecule has 0 spiro atoms. The molecule has 0 atom stereocenters. The summed E-state index contributed by atoms with van der Waals surface area (Å²) in [5.41, 5.74) is 7.65. The normalized spacial score (nSPS) is 19.1. The molecule has 0 amide bonds. The Morgan fingerprint density at radius 3 is 2.45 bits per heavy atom. The second-order valence-corrected chi connectivity index (χ2v) is 7.04. The Labute approximate surface area is 117 Å². The first kappa shape index (κ1) is 14.5. The third-order valence-electron chi connectivity index (χ3n) is 3.44. The fourth-order valence-corrected chi connectivity index (χ4v) is 3.30. The Morgan fingerprint density at radius 1 is 1.30 bits per heavy atom. The fraction of sp³-hybridized carbons (Fsp3) is 0.545. The van der Waals surface area contributed by atoms with Gasteiger partial charge in [0.15, 0.2) is 21.5 Å². The molecule has 2 heterocycles. The quantitative estimate of drug-likeness (QED) is 0.324. The highest BCUT2D eigenvalue weighted by Crippen LogP contribution is 2.23. The Hall–Kier alpha value is -1.90. The molecule has 9 heteroatoms. The van der Waals surface area contributed by atoms with Crippen molar-refractivity contribution in [2.45, 2.75) is 13.8 Å². The van der Waals surface area contributed by atoms with Crippen LogP contribution in [0.5, 0.6) is 0 Å². The predicted octanol–water partition coefficient (Wildman–Crippen LogP) is -0.577. The first-order valence-corrected chi connectivity index (χ1v) is 7.95. The molecule has 2 rings (SSSR count). The Bertz CT molecular complexity index is 642. The Balaban J connectivity index is 2.45. The predicted molar refractivity (Wildman–Crippen MR) is 74.9 cm³/mol. The second kappa shape index (κ2) is 5.23. The number of hydrogen-bond acceptors (Lipinski definition) is 7. The zero-order valence-corrected chi connectivity index (χ0v) is 12.2. The van der Waals surface area contributed by atoms with Crippen molar-refractivity contribution in [2.24, 2.45) is 10.9 Å². The van der Waals surface area contributed by atoms with E-state index < -0.39 is 9.84 Å². The van der Waals surface area contributed by atoms with E-state index in [9.17, 15) is 8.42 Å². The molecular formula is C11H17N5O3S. The van der Waals surface area contributed by atoms with Gasteiger partial charge in [0.1, 0.15) is 0 Å². The van der Waals surface area contributed by atoms with Gasteiger partial charge in [-0.05, 0) is 19.4 Å². The number of anilines is 1. The summed E-state index contributed by atoms with van der Waals surface area (Å²) in [6, 6.07) is 0. The largest absolute Gasteiger partial charge is 0.409 e. The molecule has 0 bridgehead atoms. The SMILES string of the molecule is Cc1nnc(N2CCS(=O)(=O)CC2)c(/C(N)=N/O)c1C. The Morgan fingerprint density at radius 2 is 1.90 bits per heavy atom. The third-order valence-corrected chi connectivity index (χ3v) is 5.05. The minimum Gasteiger partial charge on any atom is -0.409 e. The van der Waals surface area contributed by atoms with E-state index in [0.717, 1.165) is 5.56 Å². The minimum absolute atomic E-state index is 0.0519. The molecule has 1 aromatic heterocycles. The molecule has 3 N–H and O–H groups in total. The molecular weight excluding hydrogens is 282 g/mol. The van der Waals surface area contributed by atoms with Crippen LogP contribution in [0.15, 0.2) is 5.16 Å². The van der Waals surface area contributed by atoms with Gasteiger partial charge in [0.05, 0.1) is 22.8 Å².